The van der Waals surface area contributed by atoms with E-state index in [4.69, 9.17) is 4.74 Å². The maximum absolute atomic E-state index is 12.7. The molecule has 0 aliphatic carbocycles. The minimum Gasteiger partial charge on any atom is -0.489 e. The van der Waals surface area contributed by atoms with Crippen LogP contribution in [0.25, 0.3) is 11.1 Å². The fraction of sp³-hybridized carbons (Fsp3) is 0.235. The van der Waals surface area contributed by atoms with Gasteiger partial charge in [-0.2, -0.15) is 17.9 Å². The topological polar surface area (TPSA) is 84.5 Å². The van der Waals surface area contributed by atoms with E-state index in [9.17, 15) is 26.4 Å². The van der Waals surface area contributed by atoms with E-state index in [0.717, 1.165) is 18.4 Å². The van der Waals surface area contributed by atoms with Gasteiger partial charge in [-0.3, -0.25) is 4.79 Å². The molecule has 0 bridgehead atoms. The van der Waals surface area contributed by atoms with E-state index in [1.54, 1.807) is 18.2 Å². The molecule has 1 atom stereocenters. The van der Waals surface area contributed by atoms with E-state index in [-0.39, 0.29) is 6.61 Å². The molecule has 2 aromatic carbocycles. The second kappa shape index (κ2) is 6.86. The summed E-state index contributed by atoms with van der Waals surface area (Å²) in [6.07, 6.45) is -3.48. The lowest BCUT2D eigenvalue weighted by molar-refractivity contribution is -0.137. The van der Waals surface area contributed by atoms with Gasteiger partial charge in [0.25, 0.3) is 0 Å². The largest absolute Gasteiger partial charge is 0.489 e. The highest BCUT2D eigenvalue weighted by atomic mass is 32.2. The molecule has 1 heterocycles. The first kappa shape index (κ1) is 19.2. The quantitative estimate of drug-likeness (QED) is 0.830. The summed E-state index contributed by atoms with van der Waals surface area (Å²) in [7, 11) is -3.61. The number of benzene rings is 2. The van der Waals surface area contributed by atoms with Crippen LogP contribution in [0.4, 0.5) is 18.9 Å². The van der Waals surface area contributed by atoms with Gasteiger partial charge in [-0.25, -0.2) is 8.42 Å². The molecule has 3 rings (SSSR count). The summed E-state index contributed by atoms with van der Waals surface area (Å²) in [5, 5.41) is 2.56. The molecule has 0 fully saturated rings. The number of anilines is 1. The molecule has 1 aliphatic rings. The number of rotatable bonds is 3. The minimum absolute atomic E-state index is 0.220. The molecule has 144 valence electrons. The Morgan fingerprint density at radius 1 is 1.11 bits per heavy atom. The number of hydrogen-bond acceptors (Lipinski definition) is 4. The molecule has 0 aromatic heterocycles. The number of hydrogen-bond donors (Lipinski definition) is 2. The fourth-order valence-electron chi connectivity index (χ4n) is 2.59. The van der Waals surface area contributed by atoms with Crippen molar-refractivity contribution < 1.29 is 31.1 Å². The number of carbonyl (C=O) groups excluding carboxylic acids is 1. The van der Waals surface area contributed by atoms with Crippen LogP contribution in [0.1, 0.15) is 5.56 Å². The molecule has 0 saturated heterocycles. The number of amides is 1. The second-order valence-corrected chi connectivity index (χ2v) is 7.81. The Bertz CT molecular complexity index is 973. The van der Waals surface area contributed by atoms with Gasteiger partial charge >= 0.3 is 6.18 Å². The van der Waals surface area contributed by atoms with Crippen LogP contribution < -0.4 is 14.8 Å². The fourth-order valence-corrected chi connectivity index (χ4v) is 3.28. The smallest absolute Gasteiger partial charge is 0.416 e. The van der Waals surface area contributed by atoms with E-state index in [0.29, 0.717) is 22.6 Å². The van der Waals surface area contributed by atoms with Gasteiger partial charge in [-0.1, -0.05) is 18.2 Å². The van der Waals surface area contributed by atoms with Crippen LogP contribution in [0.3, 0.4) is 0 Å². The number of nitrogens with one attached hydrogen (secondary N) is 2. The number of halogens is 3. The first-order valence-electron chi connectivity index (χ1n) is 7.75. The van der Waals surface area contributed by atoms with Gasteiger partial charge in [0.1, 0.15) is 18.4 Å². The first-order valence-corrected chi connectivity index (χ1v) is 9.65. The number of sulfonamides is 1. The number of carbonyl (C=O) groups is 1. The van der Waals surface area contributed by atoms with Crippen molar-refractivity contribution in [1.29, 1.82) is 0 Å². The van der Waals surface area contributed by atoms with Crippen LogP contribution in [-0.2, 0) is 21.0 Å². The molecule has 1 aliphatic heterocycles. The Morgan fingerprint density at radius 2 is 1.74 bits per heavy atom. The predicted octanol–water partition coefficient (Wildman–Crippen LogP) is 2.62. The van der Waals surface area contributed by atoms with Gasteiger partial charge in [0.15, 0.2) is 0 Å². The molecule has 0 radical (unpaired) electrons. The number of alkyl halides is 3. The molecule has 2 N–H and O–H groups in total. The van der Waals surface area contributed by atoms with Crippen LogP contribution in [0.5, 0.6) is 5.75 Å². The summed E-state index contributed by atoms with van der Waals surface area (Å²) in [6, 6.07) is 8.29. The van der Waals surface area contributed by atoms with E-state index in [2.05, 4.69) is 10.0 Å². The van der Waals surface area contributed by atoms with Crippen LogP contribution in [0.15, 0.2) is 42.5 Å². The molecule has 2 aromatic rings. The zero-order valence-electron chi connectivity index (χ0n) is 14.0. The maximum Gasteiger partial charge on any atom is 0.416 e. The highest BCUT2D eigenvalue weighted by Gasteiger charge is 2.30. The van der Waals surface area contributed by atoms with Gasteiger partial charge in [-0.05, 0) is 35.4 Å². The number of fused-ring (bicyclic) bond motifs is 1. The summed E-state index contributed by atoms with van der Waals surface area (Å²) in [6.45, 7) is -0.220. The highest BCUT2D eigenvalue weighted by molar-refractivity contribution is 7.88. The average Bonchev–Trinajstić information content (AvgIpc) is 2.72. The monoisotopic (exact) mass is 400 g/mol. The lowest BCUT2D eigenvalue weighted by atomic mass is 10.0. The van der Waals surface area contributed by atoms with Crippen molar-refractivity contribution in [2.45, 2.75) is 12.2 Å². The van der Waals surface area contributed by atoms with Crippen molar-refractivity contribution in [1.82, 2.24) is 4.72 Å². The van der Waals surface area contributed by atoms with Crippen LogP contribution >= 0.6 is 0 Å². The lowest BCUT2D eigenvalue weighted by Crippen LogP contribution is -2.45. The van der Waals surface area contributed by atoms with Crippen LogP contribution in [-0.4, -0.2) is 33.2 Å². The second-order valence-electron chi connectivity index (χ2n) is 6.03. The standard InChI is InChI=1S/C17H15F3N2O4S/c1-27(24,25)22-14-9-26-15-8-11(4-7-13(15)21-16(14)23)10-2-5-12(6-3-10)17(18,19)20/h2-8,14,22H,9H2,1H3,(H,21,23)/t14-/m0/s1. The van der Waals surface area contributed by atoms with Gasteiger partial charge in [0.2, 0.25) is 15.9 Å². The Hall–Kier alpha value is -2.59. The van der Waals surface area contributed by atoms with Crippen LogP contribution in [0.2, 0.25) is 0 Å². The van der Waals surface area contributed by atoms with Crippen molar-refractivity contribution >= 4 is 21.6 Å². The maximum atomic E-state index is 12.7. The lowest BCUT2D eigenvalue weighted by Gasteiger charge is -2.12. The first-order chi connectivity index (χ1) is 12.5. The molecule has 0 saturated carbocycles. The highest BCUT2D eigenvalue weighted by Crippen LogP contribution is 2.34. The van der Waals surface area contributed by atoms with E-state index < -0.39 is 33.7 Å². The third-order valence-corrected chi connectivity index (χ3v) is 4.58. The summed E-state index contributed by atoms with van der Waals surface area (Å²) < 4.78 is 68.4. The summed E-state index contributed by atoms with van der Waals surface area (Å²) in [5.74, 6) is -0.278. The van der Waals surface area contributed by atoms with Gasteiger partial charge in [0, 0.05) is 0 Å². The Kier molecular flexibility index (Phi) is 4.87. The third kappa shape index (κ3) is 4.58. The van der Waals surface area contributed by atoms with Crippen molar-refractivity contribution in [2.75, 3.05) is 18.2 Å². The van der Waals surface area contributed by atoms with Crippen molar-refractivity contribution in [3.8, 4) is 16.9 Å². The van der Waals surface area contributed by atoms with E-state index in [1.807, 2.05) is 0 Å². The Labute approximate surface area is 153 Å². The normalized spacial score (nSPS) is 17.5. The summed E-state index contributed by atoms with van der Waals surface area (Å²) in [4.78, 5) is 12.1. The molecule has 1 amide bonds. The molecule has 6 nitrogen and oxygen atoms in total. The molecular formula is C17H15F3N2O4S. The van der Waals surface area contributed by atoms with Gasteiger partial charge in [0.05, 0.1) is 17.5 Å². The predicted molar refractivity (Wildman–Crippen MR) is 92.8 cm³/mol. The van der Waals surface area contributed by atoms with E-state index in [1.165, 1.54) is 12.1 Å². The molecule has 0 unspecified atom stereocenters. The molecule has 10 heteroatoms. The zero-order chi connectivity index (χ0) is 19.8. The number of ether oxygens (including phenoxy) is 1. The molecule has 27 heavy (non-hydrogen) atoms. The average molecular weight is 400 g/mol. The van der Waals surface area contributed by atoms with Crippen molar-refractivity contribution in [2.24, 2.45) is 0 Å². The third-order valence-electron chi connectivity index (χ3n) is 3.86. The molecule has 0 spiro atoms. The zero-order valence-corrected chi connectivity index (χ0v) is 14.8. The van der Waals surface area contributed by atoms with Crippen LogP contribution in [0, 0.1) is 0 Å². The Balaban J connectivity index is 1.85. The van der Waals surface area contributed by atoms with Crippen molar-refractivity contribution in [3.05, 3.63) is 48.0 Å². The summed E-state index contributed by atoms with van der Waals surface area (Å²) >= 11 is 0. The van der Waals surface area contributed by atoms with E-state index >= 15 is 0 Å². The van der Waals surface area contributed by atoms with Crippen molar-refractivity contribution in [3.63, 3.8) is 0 Å². The SMILES string of the molecule is CS(=O)(=O)N[C@H]1COc2cc(-c3ccc(C(F)(F)F)cc3)ccc2NC1=O. The summed E-state index contributed by atoms with van der Waals surface area (Å²) in [5.41, 5.74) is 0.717. The van der Waals surface area contributed by atoms with Gasteiger partial charge in [-0.15, -0.1) is 0 Å². The minimum atomic E-state index is -4.42. The van der Waals surface area contributed by atoms with Gasteiger partial charge < -0.3 is 10.1 Å². The molecular weight excluding hydrogens is 385 g/mol. The Morgan fingerprint density at radius 3 is 2.33 bits per heavy atom.